The van der Waals surface area contributed by atoms with Gasteiger partial charge in [-0.15, -0.1) is 0 Å². The molecule has 0 aliphatic rings. The predicted molar refractivity (Wildman–Crippen MR) is 81.0 cm³/mol. The van der Waals surface area contributed by atoms with E-state index in [2.05, 4.69) is 60.2 Å². The van der Waals surface area contributed by atoms with E-state index in [4.69, 9.17) is 4.74 Å². The van der Waals surface area contributed by atoms with Gasteiger partial charge in [0.15, 0.2) is 0 Å². The number of hydrogen-bond acceptors (Lipinski definition) is 2. The smallest absolute Gasteiger partial charge is 0.0465 e. The fraction of sp³-hybridized carbons (Fsp3) is 0.600. The van der Waals surface area contributed by atoms with Crippen LogP contribution in [0.15, 0.2) is 22.7 Å². The Morgan fingerprint density at radius 1 is 1.39 bits per heavy atom. The Morgan fingerprint density at radius 3 is 2.67 bits per heavy atom. The van der Waals surface area contributed by atoms with Crippen LogP contribution >= 0.6 is 15.9 Å². The number of rotatable bonds is 7. The molecule has 0 radical (unpaired) electrons. The standard InChI is InChI=1S/C15H24BrNO/c1-5-17-15(12(3)8-9-18-4)13-7-6-11(2)14(16)10-13/h6-7,10,12,15,17H,5,8-9H2,1-4H3. The highest BCUT2D eigenvalue weighted by molar-refractivity contribution is 9.10. The van der Waals surface area contributed by atoms with E-state index in [0.29, 0.717) is 12.0 Å². The second kappa shape index (κ2) is 7.93. The highest BCUT2D eigenvalue weighted by atomic mass is 79.9. The largest absolute Gasteiger partial charge is 0.385 e. The van der Waals surface area contributed by atoms with E-state index < -0.39 is 0 Å². The van der Waals surface area contributed by atoms with Crippen LogP contribution in [0.2, 0.25) is 0 Å². The second-order valence-corrected chi connectivity index (χ2v) is 5.66. The lowest BCUT2D eigenvalue weighted by molar-refractivity contribution is 0.170. The quantitative estimate of drug-likeness (QED) is 0.819. The van der Waals surface area contributed by atoms with Gasteiger partial charge in [-0.25, -0.2) is 0 Å². The zero-order valence-electron chi connectivity index (χ0n) is 11.8. The molecule has 1 N–H and O–H groups in total. The van der Waals surface area contributed by atoms with Crippen molar-refractivity contribution in [2.24, 2.45) is 5.92 Å². The van der Waals surface area contributed by atoms with Gasteiger partial charge in [0.05, 0.1) is 0 Å². The number of aryl methyl sites for hydroxylation is 1. The molecule has 0 saturated carbocycles. The topological polar surface area (TPSA) is 21.3 Å². The molecule has 0 amide bonds. The van der Waals surface area contributed by atoms with Crippen LogP contribution in [-0.4, -0.2) is 20.3 Å². The lowest BCUT2D eigenvalue weighted by atomic mass is 9.91. The maximum absolute atomic E-state index is 5.18. The molecule has 1 rings (SSSR count). The molecule has 2 nitrogen and oxygen atoms in total. The van der Waals surface area contributed by atoms with Gasteiger partial charge in [-0.1, -0.05) is 41.9 Å². The zero-order valence-corrected chi connectivity index (χ0v) is 13.4. The van der Waals surface area contributed by atoms with Crippen molar-refractivity contribution in [3.8, 4) is 0 Å². The molecule has 0 heterocycles. The van der Waals surface area contributed by atoms with Gasteiger partial charge in [0.25, 0.3) is 0 Å². The summed E-state index contributed by atoms with van der Waals surface area (Å²) >= 11 is 3.61. The Labute approximate surface area is 119 Å². The van der Waals surface area contributed by atoms with E-state index >= 15 is 0 Å². The average molecular weight is 314 g/mol. The first kappa shape index (κ1) is 15.7. The van der Waals surface area contributed by atoms with E-state index in [9.17, 15) is 0 Å². The van der Waals surface area contributed by atoms with Crippen molar-refractivity contribution in [2.75, 3.05) is 20.3 Å². The van der Waals surface area contributed by atoms with E-state index in [1.54, 1.807) is 7.11 Å². The average Bonchev–Trinajstić information content (AvgIpc) is 2.36. The first-order chi connectivity index (χ1) is 8.60. The van der Waals surface area contributed by atoms with Crippen molar-refractivity contribution in [3.05, 3.63) is 33.8 Å². The predicted octanol–water partition coefficient (Wildman–Crippen LogP) is 4.08. The highest BCUT2D eigenvalue weighted by Crippen LogP contribution is 2.28. The van der Waals surface area contributed by atoms with Gasteiger partial charge in [0.2, 0.25) is 0 Å². The summed E-state index contributed by atoms with van der Waals surface area (Å²) in [5, 5.41) is 3.58. The minimum absolute atomic E-state index is 0.391. The summed E-state index contributed by atoms with van der Waals surface area (Å²) in [5.74, 6) is 0.555. The third-order valence-corrected chi connectivity index (χ3v) is 4.18. The highest BCUT2D eigenvalue weighted by Gasteiger charge is 2.18. The van der Waals surface area contributed by atoms with Crippen LogP contribution in [0.4, 0.5) is 0 Å². The lowest BCUT2D eigenvalue weighted by Crippen LogP contribution is -2.27. The van der Waals surface area contributed by atoms with E-state index in [1.807, 2.05) is 0 Å². The van der Waals surface area contributed by atoms with Crippen LogP contribution in [0.5, 0.6) is 0 Å². The van der Waals surface area contributed by atoms with Gasteiger partial charge in [0, 0.05) is 24.2 Å². The monoisotopic (exact) mass is 313 g/mol. The summed E-state index contributed by atoms with van der Waals surface area (Å²) < 4.78 is 6.36. The summed E-state index contributed by atoms with van der Waals surface area (Å²) in [7, 11) is 1.76. The van der Waals surface area contributed by atoms with Crippen molar-refractivity contribution >= 4 is 15.9 Å². The third-order valence-electron chi connectivity index (χ3n) is 3.33. The van der Waals surface area contributed by atoms with Crippen LogP contribution in [-0.2, 0) is 4.74 Å². The molecule has 0 bridgehead atoms. The van der Waals surface area contributed by atoms with Crippen molar-refractivity contribution < 1.29 is 4.74 Å². The van der Waals surface area contributed by atoms with E-state index in [1.165, 1.54) is 15.6 Å². The Balaban J connectivity index is 2.85. The molecule has 18 heavy (non-hydrogen) atoms. The fourth-order valence-electron chi connectivity index (χ4n) is 2.14. The van der Waals surface area contributed by atoms with Crippen molar-refractivity contribution in [1.29, 1.82) is 0 Å². The summed E-state index contributed by atoms with van der Waals surface area (Å²) in [6.07, 6.45) is 1.07. The van der Waals surface area contributed by atoms with Gasteiger partial charge in [-0.05, 0) is 43.0 Å². The van der Waals surface area contributed by atoms with Crippen LogP contribution in [0.1, 0.15) is 37.4 Å². The number of halogens is 1. The number of benzene rings is 1. The zero-order chi connectivity index (χ0) is 13.5. The first-order valence-electron chi connectivity index (χ1n) is 6.58. The van der Waals surface area contributed by atoms with Crippen molar-refractivity contribution in [2.45, 2.75) is 33.2 Å². The number of ether oxygens (including phenoxy) is 1. The van der Waals surface area contributed by atoms with Crippen LogP contribution in [0.3, 0.4) is 0 Å². The molecular weight excluding hydrogens is 290 g/mol. The Morgan fingerprint density at radius 2 is 2.11 bits per heavy atom. The summed E-state index contributed by atoms with van der Waals surface area (Å²) in [4.78, 5) is 0. The Hall–Kier alpha value is -0.380. The molecule has 2 unspecified atom stereocenters. The summed E-state index contributed by atoms with van der Waals surface area (Å²) in [5.41, 5.74) is 2.62. The first-order valence-corrected chi connectivity index (χ1v) is 7.37. The molecule has 0 saturated heterocycles. The van der Waals surface area contributed by atoms with Gasteiger partial charge in [-0.3, -0.25) is 0 Å². The minimum atomic E-state index is 0.391. The van der Waals surface area contributed by atoms with Crippen molar-refractivity contribution in [1.82, 2.24) is 5.32 Å². The van der Waals surface area contributed by atoms with Crippen LogP contribution < -0.4 is 5.32 Å². The molecule has 2 atom stereocenters. The third kappa shape index (κ3) is 4.38. The molecule has 0 aliphatic heterocycles. The Bertz CT molecular complexity index is 368. The summed E-state index contributed by atoms with van der Waals surface area (Å²) in [6.45, 7) is 8.34. The molecule has 0 spiro atoms. The van der Waals surface area contributed by atoms with Gasteiger partial charge in [-0.2, -0.15) is 0 Å². The molecule has 0 aromatic heterocycles. The maximum atomic E-state index is 5.18. The second-order valence-electron chi connectivity index (χ2n) is 4.80. The van der Waals surface area contributed by atoms with Gasteiger partial charge < -0.3 is 10.1 Å². The molecule has 102 valence electrons. The molecule has 0 fully saturated rings. The molecule has 0 aliphatic carbocycles. The van der Waals surface area contributed by atoms with Gasteiger partial charge in [0.1, 0.15) is 0 Å². The Kier molecular flexibility index (Phi) is 6.90. The number of hydrogen-bond donors (Lipinski definition) is 1. The molecule has 1 aromatic carbocycles. The molecular formula is C15H24BrNO. The van der Waals surface area contributed by atoms with Gasteiger partial charge >= 0.3 is 0 Å². The van der Waals surface area contributed by atoms with Crippen LogP contribution in [0, 0.1) is 12.8 Å². The normalized spacial score (nSPS) is 14.5. The summed E-state index contributed by atoms with van der Waals surface area (Å²) in [6, 6.07) is 7.01. The van der Waals surface area contributed by atoms with E-state index in [0.717, 1.165) is 19.6 Å². The van der Waals surface area contributed by atoms with Crippen LogP contribution in [0.25, 0.3) is 0 Å². The minimum Gasteiger partial charge on any atom is -0.385 e. The molecule has 3 heteroatoms. The fourth-order valence-corrected chi connectivity index (χ4v) is 2.54. The molecule has 1 aromatic rings. The van der Waals surface area contributed by atoms with E-state index in [-0.39, 0.29) is 0 Å². The lowest BCUT2D eigenvalue weighted by Gasteiger charge is -2.25. The SMILES string of the molecule is CCNC(c1ccc(C)c(Br)c1)C(C)CCOC. The number of nitrogens with one attached hydrogen (secondary N) is 1. The number of methoxy groups -OCH3 is 1. The van der Waals surface area contributed by atoms with Crippen molar-refractivity contribution in [3.63, 3.8) is 0 Å². The maximum Gasteiger partial charge on any atom is 0.0465 e.